The summed E-state index contributed by atoms with van der Waals surface area (Å²) in [4.78, 5) is 0. The van der Waals surface area contributed by atoms with Crippen LogP contribution in [0, 0.1) is 0 Å². The molecule has 1 fully saturated rings. The molecule has 5 atom stereocenters. The maximum atomic E-state index is 11.8. The van der Waals surface area contributed by atoms with Crippen molar-refractivity contribution in [1.29, 1.82) is 0 Å². The minimum atomic E-state index is -1.40. The van der Waals surface area contributed by atoms with E-state index in [1.165, 1.54) is 0 Å². The molecule has 0 bridgehead atoms. The molecule has 3 aromatic rings. The lowest BCUT2D eigenvalue weighted by atomic mass is 9.85. The third kappa shape index (κ3) is 6.76. The van der Waals surface area contributed by atoms with Gasteiger partial charge in [0, 0.05) is 7.11 Å². The molecule has 1 N–H and O–H groups in total. The lowest BCUT2D eigenvalue weighted by Crippen LogP contribution is -2.67. The second-order valence-corrected chi connectivity index (χ2v) is 8.94. The van der Waals surface area contributed by atoms with Gasteiger partial charge in [0.2, 0.25) is 0 Å². The molecule has 4 rings (SSSR count). The Kier molecular flexibility index (Phi) is 9.04. The van der Waals surface area contributed by atoms with Crippen LogP contribution in [-0.4, -0.2) is 49.0 Å². The quantitative estimate of drug-likeness (QED) is 0.438. The molecule has 0 aliphatic carbocycles. The van der Waals surface area contributed by atoms with Gasteiger partial charge in [0.1, 0.15) is 23.9 Å². The van der Waals surface area contributed by atoms with Gasteiger partial charge in [0.05, 0.1) is 26.4 Å². The molecule has 186 valence electrons. The van der Waals surface area contributed by atoms with E-state index in [-0.39, 0.29) is 6.61 Å². The number of rotatable bonds is 11. The summed E-state index contributed by atoms with van der Waals surface area (Å²) in [5, 5.41) is 11.8. The van der Waals surface area contributed by atoms with E-state index in [4.69, 9.17) is 23.7 Å². The van der Waals surface area contributed by atoms with Gasteiger partial charge in [0.15, 0.2) is 6.29 Å². The Labute approximate surface area is 207 Å². The molecule has 0 spiro atoms. The fourth-order valence-electron chi connectivity index (χ4n) is 4.35. The van der Waals surface area contributed by atoms with Crippen LogP contribution < -0.4 is 0 Å². The molecule has 1 aliphatic heterocycles. The number of hydrogen-bond acceptors (Lipinski definition) is 6. The van der Waals surface area contributed by atoms with Crippen molar-refractivity contribution in [2.75, 3.05) is 13.7 Å². The summed E-state index contributed by atoms with van der Waals surface area (Å²) in [5.41, 5.74) is 1.66. The number of hydrogen-bond donors (Lipinski definition) is 1. The summed E-state index contributed by atoms with van der Waals surface area (Å²) in [6.45, 7) is 3.02. The molecule has 35 heavy (non-hydrogen) atoms. The van der Waals surface area contributed by atoms with Crippen molar-refractivity contribution < 1.29 is 28.8 Å². The number of methoxy groups -OCH3 is 1. The second-order valence-electron chi connectivity index (χ2n) is 8.94. The summed E-state index contributed by atoms with van der Waals surface area (Å²) >= 11 is 0. The molecule has 5 unspecified atom stereocenters. The van der Waals surface area contributed by atoms with Crippen LogP contribution in [0.4, 0.5) is 0 Å². The number of benzene rings is 3. The Morgan fingerprint density at radius 3 is 1.66 bits per heavy atom. The predicted octanol–water partition coefficient (Wildman–Crippen LogP) is 4.50. The smallest absolute Gasteiger partial charge is 0.186 e. The van der Waals surface area contributed by atoms with Gasteiger partial charge < -0.3 is 28.8 Å². The first-order valence-electron chi connectivity index (χ1n) is 11.9. The normalized spacial score (nSPS) is 26.5. The summed E-state index contributed by atoms with van der Waals surface area (Å²) < 4.78 is 30.3. The summed E-state index contributed by atoms with van der Waals surface area (Å²) in [6.07, 6.45) is -2.81. The summed E-state index contributed by atoms with van der Waals surface area (Å²) in [6, 6.07) is 29.6. The van der Waals surface area contributed by atoms with Gasteiger partial charge in [-0.3, -0.25) is 0 Å². The van der Waals surface area contributed by atoms with Crippen molar-refractivity contribution in [2.45, 2.75) is 56.9 Å². The highest BCUT2D eigenvalue weighted by molar-refractivity contribution is 5.15. The van der Waals surface area contributed by atoms with Crippen LogP contribution in [-0.2, 0) is 43.5 Å². The minimum absolute atomic E-state index is 0.232. The Bertz CT molecular complexity index is 995. The second kappa shape index (κ2) is 12.4. The summed E-state index contributed by atoms with van der Waals surface area (Å²) in [7, 11) is 1.55. The van der Waals surface area contributed by atoms with Crippen LogP contribution in [0.25, 0.3) is 0 Å². The molecule has 0 aromatic heterocycles. The van der Waals surface area contributed by atoms with Crippen molar-refractivity contribution in [1.82, 2.24) is 0 Å². The first kappa shape index (κ1) is 25.5. The van der Waals surface area contributed by atoms with Crippen LogP contribution >= 0.6 is 0 Å². The van der Waals surface area contributed by atoms with E-state index < -0.39 is 30.2 Å². The zero-order chi connectivity index (χ0) is 24.5. The Balaban J connectivity index is 1.49. The maximum Gasteiger partial charge on any atom is 0.186 e. The van der Waals surface area contributed by atoms with E-state index in [0.717, 1.165) is 16.7 Å². The van der Waals surface area contributed by atoms with E-state index in [9.17, 15) is 5.11 Å². The third-order valence-electron chi connectivity index (χ3n) is 6.22. The number of ether oxygens (including phenoxy) is 5. The van der Waals surface area contributed by atoms with E-state index in [1.807, 2.05) is 91.0 Å². The fraction of sp³-hybridized carbons (Fsp3) is 0.379. The Hall–Kier alpha value is -2.58. The zero-order valence-corrected chi connectivity index (χ0v) is 20.3. The zero-order valence-electron chi connectivity index (χ0n) is 20.3. The first-order chi connectivity index (χ1) is 17.1. The first-order valence-corrected chi connectivity index (χ1v) is 11.9. The number of aliphatic hydroxyl groups is 1. The Morgan fingerprint density at radius 2 is 1.17 bits per heavy atom. The van der Waals surface area contributed by atoms with Crippen molar-refractivity contribution in [3.8, 4) is 0 Å². The lowest BCUT2D eigenvalue weighted by molar-refractivity contribution is -0.342. The Morgan fingerprint density at radius 1 is 0.714 bits per heavy atom. The fourth-order valence-corrected chi connectivity index (χ4v) is 4.35. The molecule has 3 aromatic carbocycles. The molecule has 6 nitrogen and oxygen atoms in total. The highest BCUT2D eigenvalue weighted by atomic mass is 16.7. The highest BCUT2D eigenvalue weighted by Crippen LogP contribution is 2.35. The molecule has 6 heteroatoms. The molecule has 1 saturated heterocycles. The topological polar surface area (TPSA) is 66.4 Å². The lowest BCUT2D eigenvalue weighted by Gasteiger charge is -2.49. The molecule has 1 aliphatic rings. The minimum Gasteiger partial charge on any atom is -0.384 e. The molecule has 1 heterocycles. The van der Waals surface area contributed by atoms with Gasteiger partial charge in [0.25, 0.3) is 0 Å². The van der Waals surface area contributed by atoms with Gasteiger partial charge in [-0.2, -0.15) is 0 Å². The largest absolute Gasteiger partial charge is 0.384 e. The van der Waals surface area contributed by atoms with Gasteiger partial charge >= 0.3 is 0 Å². The van der Waals surface area contributed by atoms with Crippen LogP contribution in [0.5, 0.6) is 0 Å². The van der Waals surface area contributed by atoms with Crippen LogP contribution in [0.2, 0.25) is 0 Å². The highest BCUT2D eigenvalue weighted by Gasteiger charge is 2.55. The van der Waals surface area contributed by atoms with Crippen molar-refractivity contribution in [2.24, 2.45) is 0 Å². The van der Waals surface area contributed by atoms with E-state index in [2.05, 4.69) is 0 Å². The molecular formula is C29H34O6. The van der Waals surface area contributed by atoms with Gasteiger partial charge in [-0.05, 0) is 23.6 Å². The molecule has 0 radical (unpaired) electrons. The van der Waals surface area contributed by atoms with E-state index >= 15 is 0 Å². The van der Waals surface area contributed by atoms with Crippen LogP contribution in [0.3, 0.4) is 0 Å². The third-order valence-corrected chi connectivity index (χ3v) is 6.22. The van der Waals surface area contributed by atoms with E-state index in [0.29, 0.717) is 19.8 Å². The van der Waals surface area contributed by atoms with Gasteiger partial charge in [-0.1, -0.05) is 91.0 Å². The average Bonchev–Trinajstić information content (AvgIpc) is 2.89. The molecule has 0 amide bonds. The van der Waals surface area contributed by atoms with Crippen molar-refractivity contribution in [3.05, 3.63) is 108 Å². The van der Waals surface area contributed by atoms with Gasteiger partial charge in [-0.15, -0.1) is 0 Å². The summed E-state index contributed by atoms with van der Waals surface area (Å²) in [5.74, 6) is 0. The monoisotopic (exact) mass is 478 g/mol. The van der Waals surface area contributed by atoms with Crippen LogP contribution in [0.15, 0.2) is 91.0 Å². The predicted molar refractivity (Wildman–Crippen MR) is 132 cm³/mol. The maximum absolute atomic E-state index is 11.8. The van der Waals surface area contributed by atoms with Crippen molar-refractivity contribution in [3.63, 3.8) is 0 Å². The van der Waals surface area contributed by atoms with Gasteiger partial charge in [-0.25, -0.2) is 0 Å². The molecule has 0 saturated carbocycles. The SMILES string of the molecule is COC1OC(COCc2ccccc2)C(OCc2ccccc2)C(C)(O)C1OCc1ccccc1. The van der Waals surface area contributed by atoms with Crippen molar-refractivity contribution >= 4 is 0 Å². The molecular weight excluding hydrogens is 444 g/mol. The van der Waals surface area contributed by atoms with E-state index in [1.54, 1.807) is 14.0 Å². The standard InChI is InChI=1S/C29H34O6/c1-29(30)26(33-19-23-14-8-4-9-15-23)25(21-32-18-22-12-6-3-7-13-22)35-28(31-2)27(29)34-20-24-16-10-5-11-17-24/h3-17,25-28,30H,18-21H2,1-2H3. The average molecular weight is 479 g/mol. The van der Waals surface area contributed by atoms with Crippen LogP contribution in [0.1, 0.15) is 23.6 Å².